The fraction of sp³-hybridized carbons (Fsp3) is 0.333. The predicted octanol–water partition coefficient (Wildman–Crippen LogP) is 3.49. The van der Waals surface area contributed by atoms with Crippen LogP contribution in [0.25, 0.3) is 11.1 Å². The van der Waals surface area contributed by atoms with E-state index in [2.05, 4.69) is 10.6 Å². The van der Waals surface area contributed by atoms with Gasteiger partial charge in [0, 0.05) is 24.3 Å². The normalized spacial score (nSPS) is 16.1. The summed E-state index contributed by atoms with van der Waals surface area (Å²) in [4.78, 5) is 26.7. The number of carbonyl (C=O) groups excluding carboxylic acids is 2. The summed E-state index contributed by atoms with van der Waals surface area (Å²) in [5.41, 5.74) is 2.64. The van der Waals surface area contributed by atoms with Crippen molar-refractivity contribution in [2.45, 2.75) is 25.8 Å². The predicted molar refractivity (Wildman–Crippen MR) is 106 cm³/mol. The zero-order valence-corrected chi connectivity index (χ0v) is 15.7. The molecule has 0 aromatic heterocycles. The molecule has 0 saturated carbocycles. The molecule has 3 rings (SSSR count). The van der Waals surface area contributed by atoms with E-state index in [-0.39, 0.29) is 11.9 Å². The maximum atomic E-state index is 12.9. The van der Waals surface area contributed by atoms with Gasteiger partial charge in [0.15, 0.2) is 0 Å². The monoisotopic (exact) mass is 367 g/mol. The van der Waals surface area contributed by atoms with Gasteiger partial charge < -0.3 is 20.3 Å². The fourth-order valence-electron chi connectivity index (χ4n) is 3.37. The molecular weight excluding hydrogens is 342 g/mol. The van der Waals surface area contributed by atoms with Crippen molar-refractivity contribution in [3.05, 3.63) is 48.5 Å². The van der Waals surface area contributed by atoms with Gasteiger partial charge in [-0.2, -0.15) is 0 Å². The molecule has 2 aromatic carbocycles. The van der Waals surface area contributed by atoms with Crippen LogP contribution in [0.3, 0.4) is 0 Å². The van der Waals surface area contributed by atoms with E-state index < -0.39 is 6.04 Å². The number of amides is 3. The molecule has 1 saturated heterocycles. The van der Waals surface area contributed by atoms with Gasteiger partial charge in [0.05, 0.1) is 7.11 Å². The molecular formula is C21H25N3O3. The van der Waals surface area contributed by atoms with E-state index in [9.17, 15) is 9.59 Å². The van der Waals surface area contributed by atoms with E-state index in [1.54, 1.807) is 12.0 Å². The van der Waals surface area contributed by atoms with Crippen molar-refractivity contribution >= 4 is 17.6 Å². The zero-order valence-electron chi connectivity index (χ0n) is 15.7. The highest BCUT2D eigenvalue weighted by Gasteiger charge is 2.34. The Balaban J connectivity index is 1.79. The molecule has 1 aliphatic rings. The van der Waals surface area contributed by atoms with Crippen LogP contribution in [0.1, 0.15) is 19.8 Å². The summed E-state index contributed by atoms with van der Waals surface area (Å²) >= 11 is 0. The van der Waals surface area contributed by atoms with Gasteiger partial charge >= 0.3 is 6.03 Å². The number of urea groups is 1. The summed E-state index contributed by atoms with van der Waals surface area (Å²) in [5, 5.41) is 5.79. The number of nitrogens with zero attached hydrogens (tertiary/aromatic N) is 1. The van der Waals surface area contributed by atoms with E-state index in [4.69, 9.17) is 4.74 Å². The Kier molecular flexibility index (Phi) is 5.96. The molecule has 27 heavy (non-hydrogen) atoms. The van der Waals surface area contributed by atoms with Crippen molar-refractivity contribution in [2.75, 3.05) is 25.5 Å². The lowest BCUT2D eigenvalue weighted by atomic mass is 10.0. The van der Waals surface area contributed by atoms with Crippen LogP contribution in [0, 0.1) is 0 Å². The molecule has 0 bridgehead atoms. The van der Waals surface area contributed by atoms with Crippen molar-refractivity contribution in [1.29, 1.82) is 0 Å². The standard InChI is InChI=1S/C21H25N3O3/c1-3-22-21(26)24-14-6-9-19(24)20(25)23-18-8-5-4-7-17(18)15-10-12-16(27-2)13-11-15/h4-5,7-8,10-13,19H,3,6,9,14H2,1-2H3,(H,22,26)(H,23,25). The van der Waals surface area contributed by atoms with Gasteiger partial charge in [-0.1, -0.05) is 30.3 Å². The molecule has 1 atom stereocenters. The van der Waals surface area contributed by atoms with Gasteiger partial charge in [-0.25, -0.2) is 4.79 Å². The number of rotatable bonds is 5. The highest BCUT2D eigenvalue weighted by molar-refractivity contribution is 6.00. The first-order valence-corrected chi connectivity index (χ1v) is 9.22. The number of likely N-dealkylation sites (tertiary alicyclic amines) is 1. The lowest BCUT2D eigenvalue weighted by molar-refractivity contribution is -0.119. The third-order valence-electron chi connectivity index (χ3n) is 4.73. The van der Waals surface area contributed by atoms with E-state index in [1.165, 1.54) is 0 Å². The molecule has 3 amide bonds. The number of methoxy groups -OCH3 is 1. The van der Waals surface area contributed by atoms with E-state index in [0.717, 1.165) is 29.0 Å². The lowest BCUT2D eigenvalue weighted by Crippen LogP contribution is -2.47. The molecule has 142 valence electrons. The second-order valence-corrected chi connectivity index (χ2v) is 6.45. The van der Waals surface area contributed by atoms with Crippen molar-refractivity contribution in [3.63, 3.8) is 0 Å². The van der Waals surface area contributed by atoms with Gasteiger partial charge in [0.25, 0.3) is 0 Å². The van der Waals surface area contributed by atoms with Crippen LogP contribution in [-0.4, -0.2) is 43.1 Å². The molecule has 1 unspecified atom stereocenters. The smallest absolute Gasteiger partial charge is 0.318 e. The van der Waals surface area contributed by atoms with Gasteiger partial charge in [0.2, 0.25) is 5.91 Å². The number of carbonyl (C=O) groups is 2. The third-order valence-corrected chi connectivity index (χ3v) is 4.73. The lowest BCUT2D eigenvalue weighted by Gasteiger charge is -2.24. The highest BCUT2D eigenvalue weighted by Crippen LogP contribution is 2.30. The summed E-state index contributed by atoms with van der Waals surface area (Å²) in [7, 11) is 1.63. The Bertz CT molecular complexity index is 805. The Morgan fingerprint density at radius 1 is 1.15 bits per heavy atom. The first-order valence-electron chi connectivity index (χ1n) is 9.22. The van der Waals surface area contributed by atoms with Crippen LogP contribution in [0.2, 0.25) is 0 Å². The van der Waals surface area contributed by atoms with Gasteiger partial charge in [-0.3, -0.25) is 4.79 Å². The molecule has 1 aliphatic heterocycles. The second kappa shape index (κ2) is 8.58. The van der Waals surface area contributed by atoms with Crippen LogP contribution in [-0.2, 0) is 4.79 Å². The first kappa shape index (κ1) is 18.8. The minimum Gasteiger partial charge on any atom is -0.497 e. The van der Waals surface area contributed by atoms with Crippen LogP contribution in [0.5, 0.6) is 5.75 Å². The number of para-hydroxylation sites is 1. The SMILES string of the molecule is CCNC(=O)N1CCCC1C(=O)Nc1ccccc1-c1ccc(OC)cc1. The fourth-order valence-corrected chi connectivity index (χ4v) is 3.37. The topological polar surface area (TPSA) is 70.7 Å². The summed E-state index contributed by atoms with van der Waals surface area (Å²) in [6.45, 7) is 3.02. The van der Waals surface area contributed by atoms with Crippen molar-refractivity contribution in [3.8, 4) is 16.9 Å². The number of hydrogen-bond acceptors (Lipinski definition) is 3. The summed E-state index contributed by atoms with van der Waals surface area (Å²) in [6, 6.07) is 14.7. The average Bonchev–Trinajstić information content (AvgIpc) is 3.19. The first-order chi connectivity index (χ1) is 13.1. The van der Waals surface area contributed by atoms with E-state index in [1.807, 2.05) is 55.5 Å². The average molecular weight is 367 g/mol. The molecule has 6 heteroatoms. The van der Waals surface area contributed by atoms with Gasteiger partial charge in [-0.15, -0.1) is 0 Å². The molecule has 0 aliphatic carbocycles. The summed E-state index contributed by atoms with van der Waals surface area (Å²) in [6.07, 6.45) is 1.50. The van der Waals surface area contributed by atoms with Crippen LogP contribution < -0.4 is 15.4 Å². The van der Waals surface area contributed by atoms with Gasteiger partial charge in [0.1, 0.15) is 11.8 Å². The van der Waals surface area contributed by atoms with Crippen molar-refractivity contribution in [1.82, 2.24) is 10.2 Å². The molecule has 0 spiro atoms. The van der Waals surface area contributed by atoms with E-state index in [0.29, 0.717) is 19.5 Å². The maximum Gasteiger partial charge on any atom is 0.318 e. The molecule has 2 aromatic rings. The van der Waals surface area contributed by atoms with Crippen molar-refractivity contribution < 1.29 is 14.3 Å². The molecule has 2 N–H and O–H groups in total. The quantitative estimate of drug-likeness (QED) is 0.850. The van der Waals surface area contributed by atoms with Crippen LogP contribution in [0.4, 0.5) is 10.5 Å². The van der Waals surface area contributed by atoms with Gasteiger partial charge in [-0.05, 0) is 43.5 Å². The summed E-state index contributed by atoms with van der Waals surface area (Å²) in [5.74, 6) is 0.628. The number of nitrogens with one attached hydrogen (secondary N) is 2. The highest BCUT2D eigenvalue weighted by atomic mass is 16.5. The van der Waals surface area contributed by atoms with E-state index >= 15 is 0 Å². The Hall–Kier alpha value is -3.02. The maximum absolute atomic E-state index is 12.9. The van der Waals surface area contributed by atoms with Crippen LogP contribution >= 0.6 is 0 Å². The number of ether oxygens (including phenoxy) is 1. The van der Waals surface area contributed by atoms with Crippen LogP contribution in [0.15, 0.2) is 48.5 Å². The third kappa shape index (κ3) is 4.22. The number of anilines is 1. The minimum atomic E-state index is -0.444. The second-order valence-electron chi connectivity index (χ2n) is 6.45. The minimum absolute atomic E-state index is 0.153. The number of benzene rings is 2. The number of hydrogen-bond donors (Lipinski definition) is 2. The Labute approximate surface area is 159 Å². The molecule has 1 heterocycles. The largest absolute Gasteiger partial charge is 0.497 e. The summed E-state index contributed by atoms with van der Waals surface area (Å²) < 4.78 is 5.21. The zero-order chi connectivity index (χ0) is 19.2. The van der Waals surface area contributed by atoms with Crippen molar-refractivity contribution in [2.24, 2.45) is 0 Å². The molecule has 1 fully saturated rings. The Morgan fingerprint density at radius 2 is 1.89 bits per heavy atom. The Morgan fingerprint density at radius 3 is 2.59 bits per heavy atom. The molecule has 6 nitrogen and oxygen atoms in total. The molecule has 0 radical (unpaired) electrons.